The third kappa shape index (κ3) is 2.13. The van der Waals surface area contributed by atoms with Crippen LogP contribution in [0.3, 0.4) is 0 Å². The van der Waals surface area contributed by atoms with Crippen LogP contribution in [0.2, 0.25) is 0 Å². The molecule has 2 fully saturated rings. The van der Waals surface area contributed by atoms with Gasteiger partial charge >= 0.3 is 0 Å². The number of hydrogen-bond acceptors (Lipinski definition) is 3. The molecule has 2 aliphatic heterocycles. The molecule has 0 saturated carbocycles. The van der Waals surface area contributed by atoms with Gasteiger partial charge in [-0.05, 0) is 38.8 Å². The average Bonchev–Trinajstić information content (AvgIpc) is 2.97. The van der Waals surface area contributed by atoms with Gasteiger partial charge in [0, 0.05) is 24.5 Å². The number of nitrogens with one attached hydrogen (secondary N) is 2. The minimum absolute atomic E-state index is 0.685. The van der Waals surface area contributed by atoms with Crippen molar-refractivity contribution in [2.75, 3.05) is 13.1 Å². The van der Waals surface area contributed by atoms with Crippen LogP contribution >= 0.6 is 0 Å². The summed E-state index contributed by atoms with van der Waals surface area (Å²) in [7, 11) is 0. The lowest BCUT2D eigenvalue weighted by Crippen LogP contribution is -2.45. The number of piperidine rings is 1. The molecule has 2 atom stereocenters. The average molecular weight is 220 g/mol. The minimum Gasteiger partial charge on any atom is -0.348 e. The Bertz CT molecular complexity index is 322. The zero-order chi connectivity index (χ0) is 10.8. The summed E-state index contributed by atoms with van der Waals surface area (Å²) < 4.78 is 0. The Morgan fingerprint density at radius 3 is 3.31 bits per heavy atom. The Labute approximate surface area is 96.4 Å². The number of aromatic nitrogens is 2. The summed E-state index contributed by atoms with van der Waals surface area (Å²) in [5.74, 6) is 1.05. The molecular formula is C12H20N4. The first kappa shape index (κ1) is 10.3. The van der Waals surface area contributed by atoms with Crippen molar-refractivity contribution >= 4 is 0 Å². The summed E-state index contributed by atoms with van der Waals surface area (Å²) in [4.78, 5) is 10.0. The molecule has 3 rings (SSSR count). The molecule has 0 aliphatic carbocycles. The molecule has 0 amide bonds. The molecule has 4 heteroatoms. The monoisotopic (exact) mass is 220 g/mol. The lowest BCUT2D eigenvalue weighted by atomic mass is 9.98. The molecule has 2 N–H and O–H groups in total. The number of rotatable bonds is 3. The highest BCUT2D eigenvalue weighted by Gasteiger charge is 2.31. The predicted octanol–water partition coefficient (Wildman–Crippen LogP) is 1.13. The van der Waals surface area contributed by atoms with Crippen LogP contribution in [-0.2, 0) is 6.54 Å². The van der Waals surface area contributed by atoms with Crippen LogP contribution in [0, 0.1) is 0 Å². The first-order chi connectivity index (χ1) is 7.92. The van der Waals surface area contributed by atoms with Crippen molar-refractivity contribution in [1.82, 2.24) is 20.2 Å². The van der Waals surface area contributed by atoms with Gasteiger partial charge in [-0.25, -0.2) is 4.98 Å². The summed E-state index contributed by atoms with van der Waals surface area (Å²) in [6.07, 6.45) is 9.11. The molecule has 4 nitrogen and oxygen atoms in total. The maximum Gasteiger partial charge on any atom is 0.120 e. The smallest absolute Gasteiger partial charge is 0.120 e. The molecule has 0 radical (unpaired) electrons. The Balaban J connectivity index is 1.49. The largest absolute Gasteiger partial charge is 0.348 e. The fraction of sp³-hybridized carbons (Fsp3) is 0.750. The van der Waals surface area contributed by atoms with Crippen LogP contribution < -0.4 is 5.32 Å². The van der Waals surface area contributed by atoms with E-state index in [-0.39, 0.29) is 0 Å². The van der Waals surface area contributed by atoms with Crippen molar-refractivity contribution in [2.24, 2.45) is 0 Å². The first-order valence-corrected chi connectivity index (χ1v) is 6.37. The van der Waals surface area contributed by atoms with Crippen molar-refractivity contribution in [2.45, 2.75) is 44.3 Å². The lowest BCUT2D eigenvalue weighted by molar-refractivity contribution is 0.166. The molecule has 88 valence electrons. The van der Waals surface area contributed by atoms with Crippen LogP contribution in [-0.4, -0.2) is 40.0 Å². The third-order valence-corrected chi connectivity index (χ3v) is 3.93. The van der Waals surface area contributed by atoms with Crippen molar-refractivity contribution in [1.29, 1.82) is 0 Å². The summed E-state index contributed by atoms with van der Waals surface area (Å²) in [5.41, 5.74) is 0. The Morgan fingerprint density at radius 2 is 2.44 bits per heavy atom. The summed E-state index contributed by atoms with van der Waals surface area (Å²) in [6.45, 7) is 3.49. The molecule has 0 spiro atoms. The maximum atomic E-state index is 4.24. The predicted molar refractivity (Wildman–Crippen MR) is 63.0 cm³/mol. The number of imidazole rings is 1. The fourth-order valence-electron chi connectivity index (χ4n) is 3.05. The zero-order valence-electron chi connectivity index (χ0n) is 9.65. The molecule has 0 bridgehead atoms. The van der Waals surface area contributed by atoms with Gasteiger partial charge in [0.05, 0.1) is 6.54 Å². The van der Waals surface area contributed by atoms with E-state index >= 15 is 0 Å². The standard InChI is InChI=1S/C12H20N4/c1-2-11-8-10(3-7-16(11)6-1)15-9-12-13-4-5-14-12/h4-5,10-11,15H,1-3,6-9H2,(H,13,14). The highest BCUT2D eigenvalue weighted by Crippen LogP contribution is 2.26. The van der Waals surface area contributed by atoms with Crippen LogP contribution in [0.15, 0.2) is 12.4 Å². The normalized spacial score (nSPS) is 30.5. The summed E-state index contributed by atoms with van der Waals surface area (Å²) in [6, 6.07) is 1.53. The second-order valence-electron chi connectivity index (χ2n) is 4.97. The molecule has 1 aromatic heterocycles. The van der Waals surface area contributed by atoms with E-state index in [0.717, 1.165) is 18.4 Å². The Kier molecular flexibility index (Phi) is 2.93. The molecule has 2 unspecified atom stereocenters. The lowest BCUT2D eigenvalue weighted by Gasteiger charge is -2.35. The molecule has 16 heavy (non-hydrogen) atoms. The van der Waals surface area contributed by atoms with Gasteiger partial charge in [0.1, 0.15) is 5.82 Å². The van der Waals surface area contributed by atoms with E-state index in [1.165, 1.54) is 38.8 Å². The minimum atomic E-state index is 0.685. The van der Waals surface area contributed by atoms with Gasteiger partial charge < -0.3 is 15.2 Å². The topological polar surface area (TPSA) is 44.0 Å². The van der Waals surface area contributed by atoms with Gasteiger partial charge in [-0.3, -0.25) is 0 Å². The quantitative estimate of drug-likeness (QED) is 0.802. The van der Waals surface area contributed by atoms with Gasteiger partial charge in [0.15, 0.2) is 0 Å². The molecular weight excluding hydrogens is 200 g/mol. The van der Waals surface area contributed by atoms with E-state index in [4.69, 9.17) is 0 Å². The first-order valence-electron chi connectivity index (χ1n) is 6.37. The van der Waals surface area contributed by atoms with Crippen molar-refractivity contribution < 1.29 is 0 Å². The van der Waals surface area contributed by atoms with Crippen molar-refractivity contribution in [3.05, 3.63) is 18.2 Å². The number of nitrogens with zero attached hydrogens (tertiary/aromatic N) is 2. The van der Waals surface area contributed by atoms with Crippen molar-refractivity contribution in [3.8, 4) is 0 Å². The second kappa shape index (κ2) is 4.55. The van der Waals surface area contributed by atoms with E-state index in [1.54, 1.807) is 0 Å². The van der Waals surface area contributed by atoms with E-state index in [0.29, 0.717) is 6.04 Å². The highest BCUT2D eigenvalue weighted by atomic mass is 15.2. The maximum absolute atomic E-state index is 4.24. The van der Waals surface area contributed by atoms with Crippen LogP contribution in [0.1, 0.15) is 31.5 Å². The number of aromatic amines is 1. The van der Waals surface area contributed by atoms with E-state index in [1.807, 2.05) is 12.4 Å². The van der Waals surface area contributed by atoms with Gasteiger partial charge in [-0.2, -0.15) is 0 Å². The van der Waals surface area contributed by atoms with E-state index < -0.39 is 0 Å². The number of fused-ring (bicyclic) bond motifs is 1. The SMILES string of the molecule is c1c[nH]c(CNC2CCN3CCCC3C2)n1. The summed E-state index contributed by atoms with van der Waals surface area (Å²) >= 11 is 0. The number of hydrogen-bond donors (Lipinski definition) is 2. The van der Waals surface area contributed by atoms with E-state index in [2.05, 4.69) is 20.2 Å². The van der Waals surface area contributed by atoms with Crippen molar-refractivity contribution in [3.63, 3.8) is 0 Å². The fourth-order valence-corrected chi connectivity index (χ4v) is 3.05. The molecule has 2 aliphatic rings. The second-order valence-corrected chi connectivity index (χ2v) is 4.97. The van der Waals surface area contributed by atoms with Gasteiger partial charge in [-0.1, -0.05) is 0 Å². The highest BCUT2D eigenvalue weighted by molar-refractivity contribution is 4.91. The van der Waals surface area contributed by atoms with Gasteiger partial charge in [-0.15, -0.1) is 0 Å². The zero-order valence-corrected chi connectivity index (χ0v) is 9.65. The molecule has 2 saturated heterocycles. The number of H-pyrrole nitrogens is 1. The Hall–Kier alpha value is -0.870. The van der Waals surface area contributed by atoms with Gasteiger partial charge in [0.25, 0.3) is 0 Å². The Morgan fingerprint density at radius 1 is 1.44 bits per heavy atom. The molecule has 0 aromatic carbocycles. The van der Waals surface area contributed by atoms with Gasteiger partial charge in [0.2, 0.25) is 0 Å². The molecule has 3 heterocycles. The molecule has 1 aromatic rings. The van der Waals surface area contributed by atoms with Crippen LogP contribution in [0.5, 0.6) is 0 Å². The third-order valence-electron chi connectivity index (χ3n) is 3.93. The van der Waals surface area contributed by atoms with E-state index in [9.17, 15) is 0 Å². The van der Waals surface area contributed by atoms with Crippen LogP contribution in [0.4, 0.5) is 0 Å². The summed E-state index contributed by atoms with van der Waals surface area (Å²) in [5, 5.41) is 3.62. The van der Waals surface area contributed by atoms with Crippen LogP contribution in [0.25, 0.3) is 0 Å².